The molecule has 94 valence electrons. The molecule has 0 saturated heterocycles. The summed E-state index contributed by atoms with van der Waals surface area (Å²) in [6.45, 7) is 12.5. The van der Waals surface area contributed by atoms with Crippen molar-refractivity contribution in [2.24, 2.45) is 5.73 Å². The molecule has 0 fully saturated rings. The van der Waals surface area contributed by atoms with Crippen LogP contribution < -0.4 is 5.73 Å². The second kappa shape index (κ2) is 6.56. The Morgan fingerprint density at radius 2 is 1.62 bits per heavy atom. The molecule has 0 bridgehead atoms. The zero-order valence-corrected chi connectivity index (χ0v) is 11.5. The Morgan fingerprint density at radius 3 is 1.88 bits per heavy atom. The third-order valence-corrected chi connectivity index (χ3v) is 2.71. The third-order valence-electron chi connectivity index (χ3n) is 2.71. The number of carbonyl (C=O) groups is 1. The Labute approximate surface area is 99.7 Å². The van der Waals surface area contributed by atoms with Crippen LogP contribution in [-0.2, 0) is 4.79 Å². The Bertz CT molecular complexity index is 259. The maximum Gasteiger partial charge on any atom is 0.246 e. The van der Waals surface area contributed by atoms with Crippen molar-refractivity contribution in [3.63, 3.8) is 0 Å². The highest BCUT2D eigenvalue weighted by atomic mass is 16.1. The second-order valence-electron chi connectivity index (χ2n) is 4.78. The molecule has 16 heavy (non-hydrogen) atoms. The van der Waals surface area contributed by atoms with Crippen molar-refractivity contribution in [2.45, 2.75) is 66.5 Å². The molecule has 0 unspecified atom stereocenters. The predicted molar refractivity (Wildman–Crippen MR) is 68.9 cm³/mol. The molecule has 0 spiro atoms. The number of carbonyl (C=O) groups excluding carboxylic acids is 1. The molecule has 0 aromatic heterocycles. The molecule has 0 aromatic rings. The van der Waals surface area contributed by atoms with E-state index in [1.807, 2.05) is 6.92 Å². The third kappa shape index (κ3) is 3.87. The molecule has 0 aromatic carbocycles. The number of primary amides is 1. The maximum atomic E-state index is 11.3. The topological polar surface area (TPSA) is 46.3 Å². The average molecular weight is 226 g/mol. The van der Waals surface area contributed by atoms with Crippen LogP contribution in [0.3, 0.4) is 0 Å². The van der Waals surface area contributed by atoms with E-state index in [9.17, 15) is 4.79 Å². The molecule has 0 radical (unpaired) electrons. The van der Waals surface area contributed by atoms with Crippen LogP contribution in [0.2, 0.25) is 0 Å². The monoisotopic (exact) mass is 226 g/mol. The van der Waals surface area contributed by atoms with Crippen LogP contribution in [0.4, 0.5) is 0 Å². The number of nitrogens with zero attached hydrogens (tertiary/aromatic N) is 1. The fourth-order valence-corrected chi connectivity index (χ4v) is 2.11. The van der Waals surface area contributed by atoms with E-state index in [2.05, 4.69) is 39.5 Å². The summed E-state index contributed by atoms with van der Waals surface area (Å²) in [6, 6.07) is 0.770. The molecule has 0 aliphatic carbocycles. The van der Waals surface area contributed by atoms with Gasteiger partial charge in [0.2, 0.25) is 5.91 Å². The zero-order chi connectivity index (χ0) is 12.9. The highest BCUT2D eigenvalue weighted by Gasteiger charge is 2.19. The Hall–Kier alpha value is -0.990. The van der Waals surface area contributed by atoms with E-state index in [1.54, 1.807) is 0 Å². The molecule has 0 saturated carbocycles. The van der Waals surface area contributed by atoms with Crippen LogP contribution in [0.15, 0.2) is 11.3 Å². The Kier molecular flexibility index (Phi) is 6.16. The number of amides is 1. The quantitative estimate of drug-likeness (QED) is 0.708. The summed E-state index contributed by atoms with van der Waals surface area (Å²) in [4.78, 5) is 13.6. The van der Waals surface area contributed by atoms with Gasteiger partial charge in [0.15, 0.2) is 0 Å². The zero-order valence-electron chi connectivity index (χ0n) is 11.5. The van der Waals surface area contributed by atoms with Gasteiger partial charge in [0, 0.05) is 23.4 Å². The average Bonchev–Trinajstić information content (AvgIpc) is 2.14. The molecule has 0 aliphatic heterocycles. The first kappa shape index (κ1) is 15.0. The van der Waals surface area contributed by atoms with Crippen LogP contribution >= 0.6 is 0 Å². The highest BCUT2D eigenvalue weighted by Crippen LogP contribution is 2.22. The first-order chi connectivity index (χ1) is 7.32. The van der Waals surface area contributed by atoms with Crippen molar-refractivity contribution in [2.75, 3.05) is 0 Å². The van der Waals surface area contributed by atoms with Crippen LogP contribution in [0.25, 0.3) is 0 Å². The summed E-state index contributed by atoms with van der Waals surface area (Å²) in [5.74, 6) is -0.310. The van der Waals surface area contributed by atoms with E-state index in [-0.39, 0.29) is 5.91 Å². The minimum absolute atomic E-state index is 0.310. The number of nitrogens with two attached hydrogens (primary N) is 1. The van der Waals surface area contributed by atoms with Crippen LogP contribution in [-0.4, -0.2) is 22.9 Å². The number of hydrogen-bond acceptors (Lipinski definition) is 2. The van der Waals surface area contributed by atoms with Gasteiger partial charge in [-0.1, -0.05) is 13.3 Å². The smallest absolute Gasteiger partial charge is 0.246 e. The van der Waals surface area contributed by atoms with Crippen molar-refractivity contribution >= 4 is 5.91 Å². The standard InChI is InChI=1S/C13H26N2O/c1-7-8-12(11(6)13(14)16)15(9(2)3)10(4)5/h9-10H,7-8H2,1-6H3,(H2,14,16)/b12-11+. The highest BCUT2D eigenvalue weighted by molar-refractivity contribution is 5.92. The summed E-state index contributed by atoms with van der Waals surface area (Å²) >= 11 is 0. The van der Waals surface area contributed by atoms with Gasteiger partial charge < -0.3 is 10.6 Å². The lowest BCUT2D eigenvalue weighted by Crippen LogP contribution is -2.38. The fraction of sp³-hybridized carbons (Fsp3) is 0.769. The lowest BCUT2D eigenvalue weighted by Gasteiger charge is -2.36. The van der Waals surface area contributed by atoms with Crippen LogP contribution in [0, 0.1) is 0 Å². The molecule has 0 atom stereocenters. The van der Waals surface area contributed by atoms with Crippen LogP contribution in [0.5, 0.6) is 0 Å². The lowest BCUT2D eigenvalue weighted by molar-refractivity contribution is -0.114. The Balaban J connectivity index is 5.31. The van der Waals surface area contributed by atoms with Crippen molar-refractivity contribution in [1.29, 1.82) is 0 Å². The fourth-order valence-electron chi connectivity index (χ4n) is 2.11. The molecule has 1 amide bonds. The molecule has 0 rings (SSSR count). The van der Waals surface area contributed by atoms with E-state index in [0.717, 1.165) is 18.5 Å². The Morgan fingerprint density at radius 1 is 1.19 bits per heavy atom. The van der Waals surface area contributed by atoms with Gasteiger partial charge in [-0.3, -0.25) is 4.79 Å². The van der Waals surface area contributed by atoms with E-state index in [1.165, 1.54) is 0 Å². The summed E-state index contributed by atoms with van der Waals surface area (Å²) in [5, 5.41) is 0. The van der Waals surface area contributed by atoms with E-state index in [0.29, 0.717) is 17.7 Å². The normalized spacial score (nSPS) is 13.0. The van der Waals surface area contributed by atoms with Crippen molar-refractivity contribution in [3.05, 3.63) is 11.3 Å². The number of rotatable bonds is 6. The summed E-state index contributed by atoms with van der Waals surface area (Å²) in [7, 11) is 0. The maximum absolute atomic E-state index is 11.3. The van der Waals surface area contributed by atoms with Crippen molar-refractivity contribution in [1.82, 2.24) is 4.90 Å². The predicted octanol–water partition coefficient (Wildman–Crippen LogP) is 2.66. The minimum Gasteiger partial charge on any atom is -0.370 e. The molecule has 0 heterocycles. The summed E-state index contributed by atoms with van der Waals surface area (Å²) in [5.41, 5.74) is 7.18. The van der Waals surface area contributed by atoms with Crippen molar-refractivity contribution < 1.29 is 4.79 Å². The number of hydrogen-bond donors (Lipinski definition) is 1. The SMILES string of the molecule is CCC/C(=C(/C)C(N)=O)N(C(C)C)C(C)C. The van der Waals surface area contributed by atoms with E-state index >= 15 is 0 Å². The molecule has 3 heteroatoms. The van der Waals surface area contributed by atoms with Gasteiger partial charge in [0.25, 0.3) is 0 Å². The largest absolute Gasteiger partial charge is 0.370 e. The van der Waals surface area contributed by atoms with Gasteiger partial charge >= 0.3 is 0 Å². The first-order valence-corrected chi connectivity index (χ1v) is 6.10. The molecular weight excluding hydrogens is 200 g/mol. The van der Waals surface area contributed by atoms with E-state index < -0.39 is 0 Å². The van der Waals surface area contributed by atoms with Gasteiger partial charge in [-0.25, -0.2) is 0 Å². The van der Waals surface area contributed by atoms with Gasteiger partial charge in [-0.05, 0) is 41.0 Å². The lowest BCUT2D eigenvalue weighted by atomic mass is 10.1. The summed E-state index contributed by atoms with van der Waals surface area (Å²) < 4.78 is 0. The molecular formula is C13H26N2O. The summed E-state index contributed by atoms with van der Waals surface area (Å²) in [6.07, 6.45) is 1.93. The second-order valence-corrected chi connectivity index (χ2v) is 4.78. The van der Waals surface area contributed by atoms with Gasteiger partial charge in [-0.2, -0.15) is 0 Å². The first-order valence-electron chi connectivity index (χ1n) is 6.10. The van der Waals surface area contributed by atoms with Crippen LogP contribution in [0.1, 0.15) is 54.4 Å². The van der Waals surface area contributed by atoms with Crippen molar-refractivity contribution in [3.8, 4) is 0 Å². The number of allylic oxidation sites excluding steroid dienone is 1. The minimum atomic E-state index is -0.310. The van der Waals surface area contributed by atoms with Gasteiger partial charge in [0.1, 0.15) is 0 Å². The van der Waals surface area contributed by atoms with Gasteiger partial charge in [0.05, 0.1) is 0 Å². The molecule has 3 nitrogen and oxygen atoms in total. The molecule has 0 aliphatic rings. The molecule has 2 N–H and O–H groups in total. The van der Waals surface area contributed by atoms with Gasteiger partial charge in [-0.15, -0.1) is 0 Å². The van der Waals surface area contributed by atoms with E-state index in [4.69, 9.17) is 5.73 Å².